The predicted molar refractivity (Wildman–Crippen MR) is 105 cm³/mol. The van der Waals surface area contributed by atoms with Crippen LogP contribution < -0.4 is 5.32 Å². The molecule has 8 heteroatoms. The first-order valence-electron chi connectivity index (χ1n) is 9.34. The Morgan fingerprint density at radius 1 is 1.18 bits per heavy atom. The quantitative estimate of drug-likeness (QED) is 0.848. The van der Waals surface area contributed by atoms with Crippen LogP contribution in [-0.2, 0) is 9.59 Å². The molecule has 28 heavy (non-hydrogen) atoms. The van der Waals surface area contributed by atoms with Crippen molar-refractivity contribution in [2.24, 2.45) is 5.92 Å². The molecule has 1 aromatic carbocycles. The Bertz CT molecular complexity index is 876. The zero-order valence-corrected chi connectivity index (χ0v) is 16.1. The van der Waals surface area contributed by atoms with E-state index in [2.05, 4.69) is 16.5 Å². The zero-order chi connectivity index (χ0) is 20.1. The van der Waals surface area contributed by atoms with Crippen LogP contribution in [0.25, 0.3) is 5.69 Å². The van der Waals surface area contributed by atoms with Crippen LogP contribution in [0.15, 0.2) is 36.5 Å². The molecule has 0 bridgehead atoms. The fourth-order valence-corrected chi connectivity index (χ4v) is 3.18. The van der Waals surface area contributed by atoms with Gasteiger partial charge in [-0.1, -0.05) is 32.0 Å². The van der Waals surface area contributed by atoms with Crippen molar-refractivity contribution in [3.8, 4) is 11.8 Å². The number of nitriles is 1. The van der Waals surface area contributed by atoms with Gasteiger partial charge in [0.05, 0.1) is 18.4 Å². The summed E-state index contributed by atoms with van der Waals surface area (Å²) in [6.45, 7) is 6.53. The molecule has 1 aliphatic rings. The summed E-state index contributed by atoms with van der Waals surface area (Å²) in [5.41, 5.74) is 1.07. The monoisotopic (exact) mass is 380 g/mol. The summed E-state index contributed by atoms with van der Waals surface area (Å²) in [6.07, 6.45) is 1.44. The lowest BCUT2D eigenvalue weighted by Gasteiger charge is -2.35. The predicted octanol–water partition coefficient (Wildman–Crippen LogP) is 1.48. The Morgan fingerprint density at radius 2 is 1.86 bits per heavy atom. The van der Waals surface area contributed by atoms with E-state index in [0.717, 1.165) is 5.69 Å². The Morgan fingerprint density at radius 3 is 2.46 bits per heavy atom. The number of nitrogens with one attached hydrogen (secondary N) is 1. The third-order valence-corrected chi connectivity index (χ3v) is 4.69. The number of aromatic nitrogens is 2. The maximum atomic E-state index is 12.6. The van der Waals surface area contributed by atoms with Crippen LogP contribution in [0.2, 0.25) is 0 Å². The molecular formula is C20H24N6O2. The summed E-state index contributed by atoms with van der Waals surface area (Å²) in [7, 11) is 0. The van der Waals surface area contributed by atoms with Gasteiger partial charge in [-0.3, -0.25) is 14.5 Å². The molecule has 2 amide bonds. The molecule has 2 heterocycles. The summed E-state index contributed by atoms with van der Waals surface area (Å²) in [6, 6.07) is 11.4. The average Bonchev–Trinajstić information content (AvgIpc) is 3.11. The third kappa shape index (κ3) is 4.38. The summed E-state index contributed by atoms with van der Waals surface area (Å²) in [4.78, 5) is 28.5. The van der Waals surface area contributed by atoms with E-state index in [1.807, 2.05) is 54.0 Å². The molecule has 1 aromatic heterocycles. The van der Waals surface area contributed by atoms with Crippen LogP contribution in [0.3, 0.4) is 0 Å². The fraction of sp³-hybridized carbons (Fsp3) is 0.400. The van der Waals surface area contributed by atoms with E-state index in [0.29, 0.717) is 37.6 Å². The maximum Gasteiger partial charge on any atom is 0.239 e. The molecule has 1 N–H and O–H groups in total. The summed E-state index contributed by atoms with van der Waals surface area (Å²) >= 11 is 0. The number of anilines is 1. The van der Waals surface area contributed by atoms with Gasteiger partial charge in [-0.05, 0) is 12.1 Å². The van der Waals surface area contributed by atoms with Crippen molar-refractivity contribution in [2.75, 3.05) is 38.0 Å². The van der Waals surface area contributed by atoms with E-state index >= 15 is 0 Å². The molecule has 0 aliphatic carbocycles. The smallest absolute Gasteiger partial charge is 0.239 e. The van der Waals surface area contributed by atoms with Gasteiger partial charge >= 0.3 is 0 Å². The summed E-state index contributed by atoms with van der Waals surface area (Å²) < 4.78 is 1.55. The van der Waals surface area contributed by atoms with Crippen LogP contribution in [-0.4, -0.2) is 64.1 Å². The number of rotatable bonds is 5. The highest BCUT2D eigenvalue weighted by atomic mass is 16.2. The number of amides is 2. The second-order valence-electron chi connectivity index (χ2n) is 7.07. The Balaban J connectivity index is 1.63. The number of hydrogen-bond donors (Lipinski definition) is 1. The normalized spacial score (nSPS) is 14.7. The first kappa shape index (κ1) is 19.6. The van der Waals surface area contributed by atoms with Crippen molar-refractivity contribution >= 4 is 17.6 Å². The van der Waals surface area contributed by atoms with Gasteiger partial charge in [0, 0.05) is 32.1 Å². The fourth-order valence-electron chi connectivity index (χ4n) is 3.18. The standard InChI is InChI=1S/C20H24N6O2/c1-15(2)20(28)25-10-8-24(9-11-25)14-18(27)23-19-16(12-21)13-22-26(19)17-6-4-3-5-7-17/h3-7,13,15H,8-11,14H2,1-2H3,(H,23,27). The van der Waals surface area contributed by atoms with E-state index in [9.17, 15) is 14.9 Å². The number of hydrogen-bond acceptors (Lipinski definition) is 5. The van der Waals surface area contributed by atoms with Crippen molar-refractivity contribution in [3.05, 3.63) is 42.1 Å². The number of carbonyl (C=O) groups excluding carboxylic acids is 2. The minimum absolute atomic E-state index is 0.0162. The second kappa shape index (κ2) is 8.67. The molecule has 146 valence electrons. The van der Waals surface area contributed by atoms with Gasteiger partial charge in [0.2, 0.25) is 11.8 Å². The molecule has 0 spiro atoms. The summed E-state index contributed by atoms with van der Waals surface area (Å²) in [5.74, 6) is 0.289. The van der Waals surface area contributed by atoms with Gasteiger partial charge in [-0.25, -0.2) is 4.68 Å². The highest BCUT2D eigenvalue weighted by molar-refractivity contribution is 5.93. The first-order chi connectivity index (χ1) is 13.5. The van der Waals surface area contributed by atoms with Crippen molar-refractivity contribution in [2.45, 2.75) is 13.8 Å². The Labute approximate surface area is 164 Å². The lowest BCUT2D eigenvalue weighted by Crippen LogP contribution is -2.51. The van der Waals surface area contributed by atoms with Crippen molar-refractivity contribution in [1.82, 2.24) is 19.6 Å². The molecule has 0 saturated carbocycles. The Hall–Kier alpha value is -3.18. The Kier molecular flexibility index (Phi) is 6.06. The van der Waals surface area contributed by atoms with Gasteiger partial charge < -0.3 is 10.2 Å². The number of para-hydroxylation sites is 1. The van der Waals surface area contributed by atoms with Crippen LogP contribution in [0.5, 0.6) is 0 Å². The van der Waals surface area contributed by atoms with E-state index in [1.165, 1.54) is 6.20 Å². The zero-order valence-electron chi connectivity index (χ0n) is 16.1. The van der Waals surface area contributed by atoms with E-state index < -0.39 is 0 Å². The number of carbonyl (C=O) groups is 2. The molecule has 1 aliphatic heterocycles. The molecule has 2 aromatic rings. The second-order valence-corrected chi connectivity index (χ2v) is 7.07. The van der Waals surface area contributed by atoms with Crippen molar-refractivity contribution in [3.63, 3.8) is 0 Å². The molecule has 1 saturated heterocycles. The minimum Gasteiger partial charge on any atom is -0.340 e. The SMILES string of the molecule is CC(C)C(=O)N1CCN(CC(=O)Nc2c(C#N)cnn2-c2ccccc2)CC1. The van der Waals surface area contributed by atoms with Gasteiger partial charge in [0.1, 0.15) is 11.6 Å². The van der Waals surface area contributed by atoms with Crippen molar-refractivity contribution < 1.29 is 9.59 Å². The topological polar surface area (TPSA) is 94.3 Å². The number of piperazine rings is 1. The van der Waals surface area contributed by atoms with Crippen LogP contribution in [0, 0.1) is 17.2 Å². The van der Waals surface area contributed by atoms with Crippen LogP contribution >= 0.6 is 0 Å². The molecule has 1 fully saturated rings. The van der Waals surface area contributed by atoms with Crippen LogP contribution in [0.4, 0.5) is 5.82 Å². The van der Waals surface area contributed by atoms with Crippen molar-refractivity contribution in [1.29, 1.82) is 5.26 Å². The van der Waals surface area contributed by atoms with Gasteiger partial charge in [-0.15, -0.1) is 0 Å². The number of nitrogens with zero attached hydrogens (tertiary/aromatic N) is 5. The molecule has 0 atom stereocenters. The molecule has 0 radical (unpaired) electrons. The van der Waals surface area contributed by atoms with E-state index in [4.69, 9.17) is 0 Å². The van der Waals surface area contributed by atoms with Gasteiger partial charge in [0.25, 0.3) is 0 Å². The van der Waals surface area contributed by atoms with Crippen LogP contribution in [0.1, 0.15) is 19.4 Å². The third-order valence-electron chi connectivity index (χ3n) is 4.69. The first-order valence-corrected chi connectivity index (χ1v) is 9.34. The van der Waals surface area contributed by atoms with Gasteiger partial charge in [-0.2, -0.15) is 10.4 Å². The molecule has 3 rings (SSSR count). The van der Waals surface area contributed by atoms with E-state index in [-0.39, 0.29) is 24.3 Å². The average molecular weight is 380 g/mol. The highest BCUT2D eigenvalue weighted by Gasteiger charge is 2.24. The lowest BCUT2D eigenvalue weighted by atomic mass is 10.1. The van der Waals surface area contributed by atoms with E-state index in [1.54, 1.807) is 4.68 Å². The number of benzene rings is 1. The summed E-state index contributed by atoms with van der Waals surface area (Å²) in [5, 5.41) is 16.4. The molecule has 0 unspecified atom stereocenters. The maximum absolute atomic E-state index is 12.6. The largest absolute Gasteiger partial charge is 0.340 e. The van der Waals surface area contributed by atoms with Gasteiger partial charge in [0.15, 0.2) is 5.82 Å². The highest BCUT2D eigenvalue weighted by Crippen LogP contribution is 2.19. The molecular weight excluding hydrogens is 356 g/mol. The molecule has 8 nitrogen and oxygen atoms in total. The minimum atomic E-state index is -0.210. The lowest BCUT2D eigenvalue weighted by molar-refractivity contribution is -0.136.